The van der Waals surface area contributed by atoms with Gasteiger partial charge < -0.3 is 5.73 Å². The Balaban J connectivity index is 2.45. The van der Waals surface area contributed by atoms with Crippen LogP contribution in [-0.2, 0) is 12.0 Å². The summed E-state index contributed by atoms with van der Waals surface area (Å²) >= 11 is 5.95. The molecule has 0 saturated heterocycles. The second-order valence-electron chi connectivity index (χ2n) is 5.01. The first-order chi connectivity index (χ1) is 8.07. The van der Waals surface area contributed by atoms with E-state index in [2.05, 4.69) is 0 Å². The first kappa shape index (κ1) is 12.8. The molecular formula is C14H19ClFN. The summed E-state index contributed by atoms with van der Waals surface area (Å²) in [5, 5.41) is 0.203. The zero-order valence-corrected chi connectivity index (χ0v) is 11.0. The van der Waals surface area contributed by atoms with Crippen LogP contribution in [-0.4, -0.2) is 0 Å². The van der Waals surface area contributed by atoms with Crippen LogP contribution < -0.4 is 5.73 Å². The molecule has 0 aliphatic heterocycles. The van der Waals surface area contributed by atoms with E-state index in [-0.39, 0.29) is 10.8 Å². The van der Waals surface area contributed by atoms with Crippen molar-refractivity contribution in [2.24, 2.45) is 5.73 Å². The average Bonchev–Trinajstić information content (AvgIpc) is 2.33. The SMILES string of the molecule is CCc1cc(Cl)c(F)c(C2(N)CCCCC2)c1. The Morgan fingerprint density at radius 1 is 1.29 bits per heavy atom. The normalized spacial score (nSPS) is 19.3. The molecule has 1 fully saturated rings. The topological polar surface area (TPSA) is 26.0 Å². The first-order valence-electron chi connectivity index (χ1n) is 6.34. The maximum Gasteiger partial charge on any atom is 0.146 e. The van der Waals surface area contributed by atoms with Crippen LogP contribution in [0.3, 0.4) is 0 Å². The fourth-order valence-corrected chi connectivity index (χ4v) is 2.91. The van der Waals surface area contributed by atoms with Crippen LogP contribution in [0.15, 0.2) is 12.1 Å². The number of aryl methyl sites for hydroxylation is 1. The molecule has 0 aromatic heterocycles. The predicted molar refractivity (Wildman–Crippen MR) is 69.7 cm³/mol. The monoisotopic (exact) mass is 255 g/mol. The highest BCUT2D eigenvalue weighted by Gasteiger charge is 2.32. The summed E-state index contributed by atoms with van der Waals surface area (Å²) in [5.74, 6) is -0.326. The molecule has 1 saturated carbocycles. The molecule has 0 spiro atoms. The zero-order chi connectivity index (χ0) is 12.5. The van der Waals surface area contributed by atoms with Crippen molar-refractivity contribution in [1.29, 1.82) is 0 Å². The quantitative estimate of drug-likeness (QED) is 0.844. The molecule has 94 valence electrons. The molecule has 3 heteroatoms. The third-order valence-electron chi connectivity index (χ3n) is 3.78. The molecule has 0 atom stereocenters. The van der Waals surface area contributed by atoms with Crippen molar-refractivity contribution < 1.29 is 4.39 Å². The standard InChI is InChI=1S/C14H19ClFN/c1-2-10-8-11(13(16)12(15)9-10)14(17)6-4-3-5-7-14/h8-9H,2-7,17H2,1H3. The van der Waals surface area contributed by atoms with Gasteiger partial charge in [0.2, 0.25) is 0 Å². The molecule has 17 heavy (non-hydrogen) atoms. The molecule has 0 radical (unpaired) electrons. The van der Waals surface area contributed by atoms with Gasteiger partial charge in [-0.05, 0) is 30.9 Å². The summed E-state index contributed by atoms with van der Waals surface area (Å²) in [5.41, 5.74) is 7.53. The van der Waals surface area contributed by atoms with E-state index in [0.29, 0.717) is 5.56 Å². The molecule has 1 aromatic rings. The minimum atomic E-state index is -0.517. The molecule has 0 unspecified atom stereocenters. The Bertz CT molecular complexity index is 411. The summed E-state index contributed by atoms with van der Waals surface area (Å²) in [6, 6.07) is 3.60. The first-order valence-corrected chi connectivity index (χ1v) is 6.72. The van der Waals surface area contributed by atoms with Crippen molar-refractivity contribution in [2.75, 3.05) is 0 Å². The Morgan fingerprint density at radius 3 is 2.53 bits per heavy atom. The van der Waals surface area contributed by atoms with Gasteiger partial charge in [0.05, 0.1) is 5.02 Å². The van der Waals surface area contributed by atoms with Gasteiger partial charge in [0.1, 0.15) is 5.82 Å². The highest BCUT2D eigenvalue weighted by Crippen LogP contribution is 2.38. The van der Waals surface area contributed by atoms with Crippen molar-refractivity contribution in [3.8, 4) is 0 Å². The number of nitrogens with two attached hydrogens (primary N) is 1. The molecule has 2 rings (SSSR count). The van der Waals surface area contributed by atoms with E-state index in [4.69, 9.17) is 17.3 Å². The maximum absolute atomic E-state index is 14.1. The summed E-state index contributed by atoms with van der Waals surface area (Å²) in [7, 11) is 0. The third-order valence-corrected chi connectivity index (χ3v) is 4.05. The smallest absolute Gasteiger partial charge is 0.146 e. The van der Waals surface area contributed by atoms with Crippen LogP contribution in [0, 0.1) is 5.82 Å². The lowest BCUT2D eigenvalue weighted by atomic mass is 9.77. The lowest BCUT2D eigenvalue weighted by molar-refractivity contribution is 0.293. The van der Waals surface area contributed by atoms with Crippen LogP contribution in [0.4, 0.5) is 4.39 Å². The molecule has 1 nitrogen and oxygen atoms in total. The molecule has 1 aliphatic carbocycles. The van der Waals surface area contributed by atoms with Crippen molar-refractivity contribution >= 4 is 11.6 Å². The van der Waals surface area contributed by atoms with Crippen LogP contribution >= 0.6 is 11.6 Å². The Hall–Kier alpha value is -0.600. The largest absolute Gasteiger partial charge is 0.321 e. The van der Waals surface area contributed by atoms with Gasteiger partial charge in [0.25, 0.3) is 0 Å². The van der Waals surface area contributed by atoms with Crippen LogP contribution in [0.25, 0.3) is 0 Å². The molecule has 1 aromatic carbocycles. The highest BCUT2D eigenvalue weighted by atomic mass is 35.5. The molecule has 0 heterocycles. The highest BCUT2D eigenvalue weighted by molar-refractivity contribution is 6.30. The summed E-state index contributed by atoms with van der Waals surface area (Å²) in [6.45, 7) is 2.04. The Morgan fingerprint density at radius 2 is 1.94 bits per heavy atom. The van der Waals surface area contributed by atoms with E-state index in [1.807, 2.05) is 13.0 Å². The predicted octanol–water partition coefficient (Wildman–Crippen LogP) is 4.16. The lowest BCUT2D eigenvalue weighted by Crippen LogP contribution is -2.39. The van der Waals surface area contributed by atoms with Crippen LogP contribution in [0.5, 0.6) is 0 Å². The van der Waals surface area contributed by atoms with E-state index in [0.717, 1.165) is 37.7 Å². The van der Waals surface area contributed by atoms with Crippen LogP contribution in [0.2, 0.25) is 5.02 Å². The van der Waals surface area contributed by atoms with Gasteiger partial charge in [-0.2, -0.15) is 0 Å². The minimum absolute atomic E-state index is 0.203. The minimum Gasteiger partial charge on any atom is -0.321 e. The summed E-state index contributed by atoms with van der Waals surface area (Å²) < 4.78 is 14.1. The molecule has 2 N–H and O–H groups in total. The van der Waals surface area contributed by atoms with Crippen molar-refractivity contribution in [1.82, 2.24) is 0 Å². The van der Waals surface area contributed by atoms with E-state index in [9.17, 15) is 4.39 Å². The van der Waals surface area contributed by atoms with E-state index < -0.39 is 5.54 Å². The third kappa shape index (κ3) is 2.48. The molecular weight excluding hydrogens is 237 g/mol. The van der Waals surface area contributed by atoms with Crippen molar-refractivity contribution in [3.05, 3.63) is 34.1 Å². The van der Waals surface area contributed by atoms with Gasteiger partial charge in [0, 0.05) is 11.1 Å². The fourth-order valence-electron chi connectivity index (χ4n) is 2.66. The Labute approximate surface area is 107 Å². The van der Waals surface area contributed by atoms with E-state index >= 15 is 0 Å². The zero-order valence-electron chi connectivity index (χ0n) is 10.2. The fraction of sp³-hybridized carbons (Fsp3) is 0.571. The number of benzene rings is 1. The second-order valence-corrected chi connectivity index (χ2v) is 5.42. The second kappa shape index (κ2) is 4.95. The van der Waals surface area contributed by atoms with Crippen molar-refractivity contribution in [3.63, 3.8) is 0 Å². The van der Waals surface area contributed by atoms with Gasteiger partial charge in [-0.25, -0.2) is 4.39 Å². The molecule has 0 amide bonds. The van der Waals surface area contributed by atoms with E-state index in [1.165, 1.54) is 6.42 Å². The van der Waals surface area contributed by atoms with Crippen molar-refractivity contribution in [2.45, 2.75) is 51.0 Å². The summed E-state index contributed by atoms with van der Waals surface area (Å²) in [6.07, 6.45) is 5.90. The number of hydrogen-bond acceptors (Lipinski definition) is 1. The lowest BCUT2D eigenvalue weighted by Gasteiger charge is -2.34. The average molecular weight is 256 g/mol. The molecule has 0 bridgehead atoms. The summed E-state index contributed by atoms with van der Waals surface area (Å²) in [4.78, 5) is 0. The van der Waals surface area contributed by atoms with Gasteiger partial charge in [0.15, 0.2) is 0 Å². The number of hydrogen-bond donors (Lipinski definition) is 1. The molecule has 1 aliphatic rings. The van der Waals surface area contributed by atoms with Crippen LogP contribution in [0.1, 0.15) is 50.2 Å². The van der Waals surface area contributed by atoms with E-state index in [1.54, 1.807) is 6.07 Å². The maximum atomic E-state index is 14.1. The van der Waals surface area contributed by atoms with Gasteiger partial charge >= 0.3 is 0 Å². The van der Waals surface area contributed by atoms with Gasteiger partial charge in [-0.15, -0.1) is 0 Å². The van der Waals surface area contributed by atoms with Gasteiger partial charge in [-0.1, -0.05) is 43.9 Å². The number of rotatable bonds is 2. The Kier molecular flexibility index (Phi) is 3.74. The number of halogens is 2. The van der Waals surface area contributed by atoms with Gasteiger partial charge in [-0.3, -0.25) is 0 Å².